The number of thiazole rings is 1. The first-order valence-electron chi connectivity index (χ1n) is 6.73. The minimum atomic E-state index is -4.52. The molecular weight excluding hydrogens is 383 g/mol. The van der Waals surface area contributed by atoms with Crippen LogP contribution in [-0.4, -0.2) is 31.1 Å². The second-order valence-electron chi connectivity index (χ2n) is 4.98. The lowest BCUT2D eigenvalue weighted by Crippen LogP contribution is -2.10. The van der Waals surface area contributed by atoms with Gasteiger partial charge in [-0.2, -0.15) is 13.2 Å². The molecule has 0 aliphatic rings. The van der Waals surface area contributed by atoms with Crippen LogP contribution in [0.25, 0.3) is 0 Å². The molecule has 0 unspecified atom stereocenters. The number of benzene rings is 1. The Hall–Kier alpha value is -2.21. The van der Waals surface area contributed by atoms with E-state index in [0.717, 1.165) is 29.0 Å². The molecule has 25 heavy (non-hydrogen) atoms. The van der Waals surface area contributed by atoms with Gasteiger partial charge in [0, 0.05) is 24.6 Å². The highest BCUT2D eigenvalue weighted by molar-refractivity contribution is 7.90. The third-order valence-electron chi connectivity index (χ3n) is 3.08. The summed E-state index contributed by atoms with van der Waals surface area (Å²) in [6.07, 6.45) is -3.57. The van der Waals surface area contributed by atoms with Crippen molar-refractivity contribution in [2.75, 3.05) is 18.1 Å². The molecule has 2 rings (SSSR count). The molecule has 1 aromatic carbocycles. The Kier molecular flexibility index (Phi) is 5.32. The van der Waals surface area contributed by atoms with E-state index in [1.54, 1.807) is 0 Å². The van der Waals surface area contributed by atoms with Gasteiger partial charge in [0.25, 0.3) is 0 Å². The third-order valence-corrected chi connectivity index (χ3v) is 5.11. The highest BCUT2D eigenvalue weighted by Gasteiger charge is 2.33. The maximum absolute atomic E-state index is 12.5. The zero-order valence-electron chi connectivity index (χ0n) is 12.7. The summed E-state index contributed by atoms with van der Waals surface area (Å²) in [5.74, 6) is 0. The first-order chi connectivity index (χ1) is 11.5. The number of para-hydroxylation sites is 1. The van der Waals surface area contributed by atoms with Crippen LogP contribution in [0.1, 0.15) is 10.7 Å². The Morgan fingerprint density at radius 2 is 2.04 bits per heavy atom. The van der Waals surface area contributed by atoms with Crippen LogP contribution in [0.2, 0.25) is 0 Å². The first-order valence-corrected chi connectivity index (χ1v) is 9.50. The van der Waals surface area contributed by atoms with Crippen molar-refractivity contribution in [3.05, 3.63) is 44.4 Å². The van der Waals surface area contributed by atoms with Crippen LogP contribution in [0.4, 0.5) is 24.5 Å². The Morgan fingerprint density at radius 3 is 2.56 bits per heavy atom. The predicted molar refractivity (Wildman–Crippen MR) is 85.5 cm³/mol. The lowest BCUT2D eigenvalue weighted by molar-refractivity contribution is -0.386. The van der Waals surface area contributed by atoms with Crippen molar-refractivity contribution in [1.29, 1.82) is 0 Å². The summed E-state index contributed by atoms with van der Waals surface area (Å²) < 4.78 is 60.8. The molecule has 136 valence electrons. The molecule has 1 heterocycles. The Morgan fingerprint density at radius 1 is 1.36 bits per heavy atom. The van der Waals surface area contributed by atoms with E-state index >= 15 is 0 Å². The van der Waals surface area contributed by atoms with E-state index in [0.29, 0.717) is 0 Å². The fraction of sp³-hybridized carbons (Fsp3) is 0.308. The average Bonchev–Trinajstić information content (AvgIpc) is 2.95. The lowest BCUT2D eigenvalue weighted by atomic mass is 10.2. The number of nitrogens with zero attached hydrogens (tertiary/aromatic N) is 2. The van der Waals surface area contributed by atoms with Gasteiger partial charge in [0.05, 0.1) is 9.93 Å². The summed E-state index contributed by atoms with van der Waals surface area (Å²) in [6.45, 7) is 0.0544. The summed E-state index contributed by atoms with van der Waals surface area (Å²) in [7, 11) is -3.81. The summed E-state index contributed by atoms with van der Waals surface area (Å²) in [4.78, 5) is 13.4. The SMILES string of the molecule is CS(=O)(=O)c1cccc(NCCc2nc(C(F)(F)F)cs2)c1[N+](=O)[O-]. The molecule has 1 N–H and O–H groups in total. The molecule has 0 aliphatic carbocycles. The number of nitrogens with one attached hydrogen (secondary N) is 1. The molecule has 0 atom stereocenters. The van der Waals surface area contributed by atoms with E-state index in [1.165, 1.54) is 12.1 Å². The van der Waals surface area contributed by atoms with Crippen LogP contribution in [0, 0.1) is 10.1 Å². The normalized spacial score (nSPS) is 12.2. The number of nitro benzene ring substituents is 1. The van der Waals surface area contributed by atoms with Gasteiger partial charge in [-0.05, 0) is 12.1 Å². The second-order valence-corrected chi connectivity index (χ2v) is 7.91. The third kappa shape index (κ3) is 4.66. The molecule has 1 aromatic heterocycles. The summed E-state index contributed by atoms with van der Waals surface area (Å²) in [5.41, 5.74) is -1.61. The molecule has 0 radical (unpaired) electrons. The molecular formula is C13H12F3N3O4S2. The van der Waals surface area contributed by atoms with E-state index in [-0.39, 0.29) is 23.7 Å². The van der Waals surface area contributed by atoms with Crippen LogP contribution >= 0.6 is 11.3 Å². The summed E-state index contributed by atoms with van der Waals surface area (Å²) in [5, 5.41) is 15.0. The zero-order valence-corrected chi connectivity index (χ0v) is 14.3. The molecule has 0 fully saturated rings. The number of nitro groups is 1. The van der Waals surface area contributed by atoms with Gasteiger partial charge in [-0.3, -0.25) is 10.1 Å². The van der Waals surface area contributed by atoms with Gasteiger partial charge in [0.15, 0.2) is 15.5 Å². The molecule has 0 aliphatic heterocycles. The first kappa shape index (κ1) is 19.1. The Balaban J connectivity index is 2.16. The number of rotatable bonds is 6. The van der Waals surface area contributed by atoms with E-state index < -0.39 is 37.2 Å². The van der Waals surface area contributed by atoms with Gasteiger partial charge in [0.1, 0.15) is 10.6 Å². The minimum Gasteiger partial charge on any atom is -0.379 e. The van der Waals surface area contributed by atoms with Crippen molar-refractivity contribution >= 4 is 32.5 Å². The molecule has 2 aromatic rings. The average molecular weight is 395 g/mol. The van der Waals surface area contributed by atoms with Gasteiger partial charge in [0.2, 0.25) is 0 Å². The van der Waals surface area contributed by atoms with Crippen LogP contribution in [-0.2, 0) is 22.4 Å². The predicted octanol–water partition coefficient (Wildman–Crippen LogP) is 3.13. The highest BCUT2D eigenvalue weighted by atomic mass is 32.2. The summed E-state index contributed by atoms with van der Waals surface area (Å²) >= 11 is 0.829. The largest absolute Gasteiger partial charge is 0.434 e. The molecule has 0 saturated carbocycles. The van der Waals surface area contributed by atoms with Crippen LogP contribution in [0.3, 0.4) is 0 Å². The van der Waals surface area contributed by atoms with Gasteiger partial charge in [-0.1, -0.05) is 6.07 Å². The fourth-order valence-electron chi connectivity index (χ4n) is 2.01. The summed E-state index contributed by atoms with van der Waals surface area (Å²) in [6, 6.07) is 3.79. The minimum absolute atomic E-state index is 0.0273. The van der Waals surface area contributed by atoms with Crippen molar-refractivity contribution in [2.24, 2.45) is 0 Å². The molecule has 12 heteroatoms. The van der Waals surface area contributed by atoms with Gasteiger partial charge >= 0.3 is 11.9 Å². The van der Waals surface area contributed by atoms with Crippen LogP contribution < -0.4 is 5.32 Å². The number of hydrogen-bond acceptors (Lipinski definition) is 7. The van der Waals surface area contributed by atoms with Crippen LogP contribution in [0.5, 0.6) is 0 Å². The number of aromatic nitrogens is 1. The molecule has 7 nitrogen and oxygen atoms in total. The number of alkyl halides is 3. The van der Waals surface area contributed by atoms with E-state index in [4.69, 9.17) is 0 Å². The number of hydrogen-bond donors (Lipinski definition) is 1. The van der Waals surface area contributed by atoms with E-state index in [9.17, 15) is 31.7 Å². The Bertz CT molecular complexity index is 894. The number of halogens is 3. The van der Waals surface area contributed by atoms with Crippen molar-refractivity contribution in [2.45, 2.75) is 17.5 Å². The van der Waals surface area contributed by atoms with Gasteiger partial charge in [-0.25, -0.2) is 13.4 Å². The molecule has 0 spiro atoms. The van der Waals surface area contributed by atoms with Crippen molar-refractivity contribution in [1.82, 2.24) is 4.98 Å². The smallest absolute Gasteiger partial charge is 0.379 e. The van der Waals surface area contributed by atoms with Crippen molar-refractivity contribution < 1.29 is 26.5 Å². The van der Waals surface area contributed by atoms with Crippen molar-refractivity contribution in [3.63, 3.8) is 0 Å². The highest BCUT2D eigenvalue weighted by Crippen LogP contribution is 2.32. The molecule has 0 bridgehead atoms. The molecule has 0 amide bonds. The maximum atomic E-state index is 12.5. The van der Waals surface area contributed by atoms with E-state index in [1.807, 2.05) is 0 Å². The topological polar surface area (TPSA) is 102 Å². The van der Waals surface area contributed by atoms with E-state index in [2.05, 4.69) is 10.3 Å². The quantitative estimate of drug-likeness (QED) is 0.596. The monoisotopic (exact) mass is 395 g/mol. The number of anilines is 1. The molecule has 0 saturated heterocycles. The zero-order chi connectivity index (χ0) is 18.8. The maximum Gasteiger partial charge on any atom is 0.434 e. The van der Waals surface area contributed by atoms with Gasteiger partial charge in [-0.15, -0.1) is 11.3 Å². The Labute approximate surface area is 144 Å². The van der Waals surface area contributed by atoms with Gasteiger partial charge < -0.3 is 5.32 Å². The number of sulfone groups is 1. The van der Waals surface area contributed by atoms with Crippen LogP contribution in [0.15, 0.2) is 28.5 Å². The fourth-order valence-corrected chi connectivity index (χ4v) is 3.68. The van der Waals surface area contributed by atoms with Crippen molar-refractivity contribution in [3.8, 4) is 0 Å². The lowest BCUT2D eigenvalue weighted by Gasteiger charge is -2.08. The standard InChI is InChI=1S/C13H12F3N3O4S2/c1-25(22,23)9-4-2-3-8(12(9)19(20)21)17-6-5-11-18-10(7-24-11)13(14,15)16/h2-4,7,17H,5-6H2,1H3. The second kappa shape index (κ2) is 6.96.